The van der Waals surface area contributed by atoms with Crippen LogP contribution in [0.5, 0.6) is 0 Å². The lowest BCUT2D eigenvalue weighted by Gasteiger charge is -2.09. The van der Waals surface area contributed by atoms with Gasteiger partial charge in [-0.05, 0) is 17.7 Å². The second-order valence-corrected chi connectivity index (χ2v) is 5.37. The molecule has 0 spiro atoms. The van der Waals surface area contributed by atoms with E-state index in [1.807, 2.05) is 0 Å². The Labute approximate surface area is 133 Å². The first kappa shape index (κ1) is 16.3. The van der Waals surface area contributed by atoms with Crippen LogP contribution in [0.25, 0.3) is 11.1 Å². The van der Waals surface area contributed by atoms with Crippen molar-refractivity contribution in [1.29, 1.82) is 0 Å². The number of alkyl halides is 3. The van der Waals surface area contributed by atoms with Gasteiger partial charge in [0.1, 0.15) is 16.1 Å². The van der Waals surface area contributed by atoms with E-state index in [-0.39, 0.29) is 22.6 Å². The summed E-state index contributed by atoms with van der Waals surface area (Å²) < 4.78 is 36.6. The Morgan fingerprint density at radius 2 is 1.43 bits per heavy atom. The molecular formula is C13H8Cl3F3N2. The largest absolute Gasteiger partial charge is 0.389 e. The van der Waals surface area contributed by atoms with E-state index in [0.29, 0.717) is 16.1 Å². The molecule has 0 saturated carbocycles. The highest BCUT2D eigenvalue weighted by molar-refractivity contribution is 6.37. The zero-order valence-corrected chi connectivity index (χ0v) is 12.7. The molecule has 0 saturated heterocycles. The minimum atomic E-state index is -4.28. The number of nitrogens with zero attached hydrogens (tertiary/aromatic N) is 2. The van der Waals surface area contributed by atoms with Gasteiger partial charge in [0.2, 0.25) is 0 Å². The maximum Gasteiger partial charge on any atom is 0.389 e. The summed E-state index contributed by atoms with van der Waals surface area (Å²) >= 11 is 17.8. The lowest BCUT2D eigenvalue weighted by molar-refractivity contribution is -0.134. The average molecular weight is 356 g/mol. The molecule has 2 aromatic rings. The number of aryl methyl sites for hydroxylation is 1. The monoisotopic (exact) mass is 354 g/mol. The van der Waals surface area contributed by atoms with Gasteiger partial charge in [-0.25, -0.2) is 9.97 Å². The Morgan fingerprint density at radius 1 is 0.905 bits per heavy atom. The van der Waals surface area contributed by atoms with Gasteiger partial charge < -0.3 is 0 Å². The average Bonchev–Trinajstić information content (AvgIpc) is 2.37. The van der Waals surface area contributed by atoms with Crippen LogP contribution in [0, 0.1) is 0 Å². The third kappa shape index (κ3) is 4.46. The van der Waals surface area contributed by atoms with Gasteiger partial charge in [0, 0.05) is 11.4 Å². The second-order valence-electron chi connectivity index (χ2n) is 4.22. The van der Waals surface area contributed by atoms with Gasteiger partial charge in [-0.2, -0.15) is 13.2 Å². The van der Waals surface area contributed by atoms with Crippen LogP contribution >= 0.6 is 34.8 Å². The van der Waals surface area contributed by atoms with E-state index in [1.165, 1.54) is 0 Å². The highest BCUT2D eigenvalue weighted by atomic mass is 35.5. The molecule has 2 rings (SSSR count). The van der Waals surface area contributed by atoms with E-state index in [9.17, 15) is 13.2 Å². The van der Waals surface area contributed by atoms with Crippen LogP contribution in [0.1, 0.15) is 12.2 Å². The van der Waals surface area contributed by atoms with E-state index >= 15 is 0 Å². The lowest BCUT2D eigenvalue weighted by atomic mass is 10.1. The van der Waals surface area contributed by atoms with Gasteiger partial charge in [-0.1, -0.05) is 46.9 Å². The molecule has 0 bridgehead atoms. The van der Waals surface area contributed by atoms with Crippen molar-refractivity contribution in [3.8, 4) is 11.1 Å². The zero-order chi connectivity index (χ0) is 15.6. The lowest BCUT2D eigenvalue weighted by Crippen LogP contribution is -2.10. The van der Waals surface area contributed by atoms with E-state index in [1.54, 1.807) is 24.3 Å². The van der Waals surface area contributed by atoms with Crippen LogP contribution < -0.4 is 0 Å². The molecule has 0 atom stereocenters. The molecule has 8 heteroatoms. The van der Waals surface area contributed by atoms with E-state index in [0.717, 1.165) is 0 Å². The first-order chi connectivity index (χ1) is 9.76. The van der Waals surface area contributed by atoms with E-state index in [4.69, 9.17) is 34.8 Å². The fourth-order valence-corrected chi connectivity index (χ4v) is 2.44. The van der Waals surface area contributed by atoms with Crippen LogP contribution in [0.15, 0.2) is 24.3 Å². The molecule has 0 N–H and O–H groups in total. The maximum atomic E-state index is 12.2. The summed E-state index contributed by atoms with van der Waals surface area (Å²) in [6.07, 6.45) is -5.68. The Kier molecular flexibility index (Phi) is 4.96. The summed E-state index contributed by atoms with van der Waals surface area (Å²) in [5, 5.41) is 0.553. The highest BCUT2D eigenvalue weighted by Gasteiger charge is 2.27. The van der Waals surface area contributed by atoms with Crippen LogP contribution in [-0.2, 0) is 6.42 Å². The Hall–Kier alpha value is -1.04. The third-order valence-electron chi connectivity index (χ3n) is 2.63. The predicted octanol–water partition coefficient (Wildman–Crippen LogP) is 5.60. The van der Waals surface area contributed by atoms with E-state index in [2.05, 4.69) is 9.97 Å². The Balaban J connectivity index is 2.31. The summed E-state index contributed by atoms with van der Waals surface area (Å²) in [6, 6.07) is 6.63. The molecule has 1 aromatic carbocycles. The van der Waals surface area contributed by atoms with Crippen LogP contribution in [0.3, 0.4) is 0 Å². The van der Waals surface area contributed by atoms with Gasteiger partial charge in [0.25, 0.3) is 0 Å². The Morgan fingerprint density at radius 3 is 1.90 bits per heavy atom. The molecule has 0 aliphatic rings. The van der Waals surface area contributed by atoms with Crippen molar-refractivity contribution < 1.29 is 13.2 Å². The molecule has 0 unspecified atom stereocenters. The predicted molar refractivity (Wildman–Crippen MR) is 76.9 cm³/mol. The summed E-state index contributed by atoms with van der Waals surface area (Å²) in [7, 11) is 0. The molecule has 0 aliphatic heterocycles. The third-order valence-corrected chi connectivity index (χ3v) is 3.43. The molecule has 1 heterocycles. The standard InChI is InChI=1S/C13H8Cl3F3N2/c14-8-3-1-7(2-4-8)10-11(15)20-9(21-12(10)16)5-6-13(17,18)19/h1-4H,5-6H2. The number of benzene rings is 1. The topological polar surface area (TPSA) is 25.8 Å². The van der Waals surface area contributed by atoms with Crippen LogP contribution in [0.2, 0.25) is 15.3 Å². The van der Waals surface area contributed by atoms with Gasteiger partial charge >= 0.3 is 6.18 Å². The summed E-state index contributed by atoms with van der Waals surface area (Å²) in [4.78, 5) is 7.75. The van der Waals surface area contributed by atoms with Crippen molar-refractivity contribution in [1.82, 2.24) is 9.97 Å². The molecule has 112 valence electrons. The molecule has 0 fully saturated rings. The summed E-state index contributed by atoms with van der Waals surface area (Å²) in [5.74, 6) is -0.0416. The molecular weight excluding hydrogens is 348 g/mol. The van der Waals surface area contributed by atoms with Crippen molar-refractivity contribution in [2.75, 3.05) is 0 Å². The van der Waals surface area contributed by atoms with Crippen molar-refractivity contribution in [2.45, 2.75) is 19.0 Å². The summed E-state index contributed by atoms with van der Waals surface area (Å²) in [5.41, 5.74) is 1.00. The van der Waals surface area contributed by atoms with Gasteiger partial charge in [0.15, 0.2) is 0 Å². The fraction of sp³-hybridized carbons (Fsp3) is 0.231. The quantitative estimate of drug-likeness (QED) is 0.670. The number of halogens is 6. The van der Waals surface area contributed by atoms with Crippen molar-refractivity contribution in [3.63, 3.8) is 0 Å². The molecule has 2 nitrogen and oxygen atoms in total. The first-order valence-corrected chi connectivity index (χ1v) is 6.94. The molecule has 0 aliphatic carbocycles. The normalized spacial score (nSPS) is 11.7. The van der Waals surface area contributed by atoms with Crippen LogP contribution in [-0.4, -0.2) is 16.1 Å². The smallest absolute Gasteiger partial charge is 0.220 e. The highest BCUT2D eigenvalue weighted by Crippen LogP contribution is 2.33. The number of hydrogen-bond acceptors (Lipinski definition) is 2. The van der Waals surface area contributed by atoms with Crippen molar-refractivity contribution >= 4 is 34.8 Å². The fourth-order valence-electron chi connectivity index (χ4n) is 1.67. The molecule has 21 heavy (non-hydrogen) atoms. The zero-order valence-electron chi connectivity index (χ0n) is 10.4. The molecule has 0 radical (unpaired) electrons. The minimum absolute atomic E-state index is 0.00879. The maximum absolute atomic E-state index is 12.2. The Bertz CT molecular complexity index is 619. The van der Waals surface area contributed by atoms with E-state index < -0.39 is 12.6 Å². The van der Waals surface area contributed by atoms with Gasteiger partial charge in [-0.15, -0.1) is 0 Å². The SMILES string of the molecule is FC(F)(F)CCc1nc(Cl)c(-c2ccc(Cl)cc2)c(Cl)n1. The van der Waals surface area contributed by atoms with Gasteiger partial charge in [0.05, 0.1) is 12.0 Å². The van der Waals surface area contributed by atoms with Gasteiger partial charge in [-0.3, -0.25) is 0 Å². The molecule has 0 amide bonds. The summed E-state index contributed by atoms with van der Waals surface area (Å²) in [6.45, 7) is 0. The minimum Gasteiger partial charge on any atom is -0.220 e. The molecule has 1 aromatic heterocycles. The number of rotatable bonds is 3. The first-order valence-electron chi connectivity index (χ1n) is 5.81. The van der Waals surface area contributed by atoms with Crippen molar-refractivity contribution in [3.05, 3.63) is 45.4 Å². The van der Waals surface area contributed by atoms with Crippen LogP contribution in [0.4, 0.5) is 13.2 Å². The number of aromatic nitrogens is 2. The number of hydrogen-bond donors (Lipinski definition) is 0. The second kappa shape index (κ2) is 6.38. The van der Waals surface area contributed by atoms with Crippen molar-refractivity contribution in [2.24, 2.45) is 0 Å².